The number of carbonyl (C=O) groups is 1. The summed E-state index contributed by atoms with van der Waals surface area (Å²) in [5.41, 5.74) is 5.84. The predicted molar refractivity (Wildman–Crippen MR) is 136 cm³/mol. The summed E-state index contributed by atoms with van der Waals surface area (Å²) in [6.45, 7) is 0.720. The maximum atomic E-state index is 12.4. The summed E-state index contributed by atoms with van der Waals surface area (Å²) >= 11 is 3.31. The minimum Gasteiger partial charge on any atom is -0.507 e. The summed E-state index contributed by atoms with van der Waals surface area (Å²) in [6.07, 6.45) is 3.66. The van der Waals surface area contributed by atoms with Crippen LogP contribution in [0.4, 0.5) is 0 Å². The smallest absolute Gasteiger partial charge is 0.275 e. The maximum Gasteiger partial charge on any atom is 0.275 e. The van der Waals surface area contributed by atoms with Crippen molar-refractivity contribution in [3.05, 3.63) is 112 Å². The molecular formula is C27H20BrN3O2. The molecule has 2 N–H and O–H groups in total. The normalized spacial score (nSPS) is 11.4. The molecule has 1 amide bonds. The van der Waals surface area contributed by atoms with Gasteiger partial charge >= 0.3 is 0 Å². The molecule has 5 aromatic rings. The Morgan fingerprint density at radius 3 is 2.64 bits per heavy atom. The second kappa shape index (κ2) is 8.92. The minimum atomic E-state index is -0.482. The van der Waals surface area contributed by atoms with E-state index in [2.05, 4.69) is 67.4 Å². The van der Waals surface area contributed by atoms with Crippen molar-refractivity contribution in [3.63, 3.8) is 0 Å². The molecule has 5 nitrogen and oxygen atoms in total. The molecular weight excluding hydrogens is 478 g/mol. The number of hydrazone groups is 1. The molecule has 0 aliphatic carbocycles. The van der Waals surface area contributed by atoms with Crippen LogP contribution in [0.15, 0.2) is 101 Å². The van der Waals surface area contributed by atoms with Crippen LogP contribution in [0, 0.1) is 0 Å². The fraction of sp³-hybridized carbons (Fsp3) is 0.0370. The number of aromatic nitrogens is 1. The first-order valence-electron chi connectivity index (χ1n) is 10.5. The highest BCUT2D eigenvalue weighted by atomic mass is 79.9. The van der Waals surface area contributed by atoms with Crippen LogP contribution in [0.25, 0.3) is 21.7 Å². The van der Waals surface area contributed by atoms with Gasteiger partial charge < -0.3 is 9.67 Å². The van der Waals surface area contributed by atoms with Crippen LogP contribution in [-0.2, 0) is 6.54 Å². The van der Waals surface area contributed by atoms with E-state index in [9.17, 15) is 9.90 Å². The van der Waals surface area contributed by atoms with Gasteiger partial charge in [-0.1, -0.05) is 70.5 Å². The molecule has 4 aromatic carbocycles. The molecule has 0 aliphatic heterocycles. The van der Waals surface area contributed by atoms with Gasteiger partial charge in [-0.3, -0.25) is 4.79 Å². The summed E-state index contributed by atoms with van der Waals surface area (Å²) in [5.74, 6) is -0.581. The zero-order valence-electron chi connectivity index (χ0n) is 17.6. The van der Waals surface area contributed by atoms with Crippen LogP contribution in [-0.4, -0.2) is 21.8 Å². The Hall–Kier alpha value is -3.90. The van der Waals surface area contributed by atoms with Gasteiger partial charge in [0.25, 0.3) is 5.91 Å². The standard InChI is InChI=1S/C27H20BrN3O2/c28-22-11-12-26(32)24(14-22)27(33)30-29-15-21-17-31(25-8-4-3-7-23(21)25)16-18-9-10-19-5-1-2-6-20(19)13-18/h1-15,17,32H,16H2,(H,30,33)/b29-15-. The molecule has 0 aliphatic rings. The van der Waals surface area contributed by atoms with Crippen molar-refractivity contribution in [3.8, 4) is 5.75 Å². The van der Waals surface area contributed by atoms with Crippen LogP contribution in [0.1, 0.15) is 21.5 Å². The summed E-state index contributed by atoms with van der Waals surface area (Å²) in [6, 6.07) is 27.6. The molecule has 0 spiro atoms. The van der Waals surface area contributed by atoms with Crippen LogP contribution >= 0.6 is 15.9 Å². The SMILES string of the molecule is O=C(N/N=C\c1cn(Cc2ccc3ccccc3c2)c2ccccc12)c1cc(Br)ccc1O. The zero-order chi connectivity index (χ0) is 22.8. The van der Waals surface area contributed by atoms with Gasteiger partial charge in [0.1, 0.15) is 5.75 Å². The second-order valence-corrected chi connectivity index (χ2v) is 8.69. The number of nitrogens with zero attached hydrogens (tertiary/aromatic N) is 2. The third-order valence-corrected chi connectivity index (χ3v) is 6.05. The van der Waals surface area contributed by atoms with Crippen LogP contribution < -0.4 is 5.43 Å². The van der Waals surface area contributed by atoms with E-state index >= 15 is 0 Å². The lowest BCUT2D eigenvalue weighted by molar-refractivity contribution is 0.0952. The fourth-order valence-electron chi connectivity index (χ4n) is 3.95. The molecule has 0 bridgehead atoms. The van der Waals surface area contributed by atoms with E-state index in [0.717, 1.165) is 23.0 Å². The van der Waals surface area contributed by atoms with Gasteiger partial charge in [0, 0.05) is 33.7 Å². The van der Waals surface area contributed by atoms with Crippen molar-refractivity contribution in [2.75, 3.05) is 0 Å². The molecule has 0 atom stereocenters. The molecule has 5 rings (SSSR count). The first-order chi connectivity index (χ1) is 16.1. The Morgan fingerprint density at radius 2 is 1.76 bits per heavy atom. The summed E-state index contributed by atoms with van der Waals surface area (Å²) < 4.78 is 2.88. The number of aromatic hydroxyl groups is 1. The monoisotopic (exact) mass is 497 g/mol. The third-order valence-electron chi connectivity index (χ3n) is 5.56. The van der Waals surface area contributed by atoms with Gasteiger partial charge in [0.15, 0.2) is 0 Å². The van der Waals surface area contributed by atoms with Crippen molar-refractivity contribution in [2.24, 2.45) is 5.10 Å². The number of nitrogens with one attached hydrogen (secondary N) is 1. The number of carbonyl (C=O) groups excluding carboxylic acids is 1. The van der Waals surface area contributed by atoms with Crippen LogP contribution in [0.3, 0.4) is 0 Å². The Morgan fingerprint density at radius 1 is 0.970 bits per heavy atom. The molecule has 6 heteroatoms. The van der Waals surface area contributed by atoms with Gasteiger partial charge in [-0.25, -0.2) is 5.43 Å². The highest BCUT2D eigenvalue weighted by Gasteiger charge is 2.11. The summed E-state index contributed by atoms with van der Waals surface area (Å²) in [4.78, 5) is 12.4. The molecule has 0 saturated heterocycles. The summed E-state index contributed by atoms with van der Waals surface area (Å²) in [5, 5.41) is 17.6. The van der Waals surface area contributed by atoms with Crippen molar-refractivity contribution >= 4 is 49.7 Å². The number of fused-ring (bicyclic) bond motifs is 2. The van der Waals surface area contributed by atoms with Crippen LogP contribution in [0.5, 0.6) is 5.75 Å². The topological polar surface area (TPSA) is 66.6 Å². The lowest BCUT2D eigenvalue weighted by atomic mass is 10.1. The van der Waals surface area contributed by atoms with Gasteiger partial charge in [-0.15, -0.1) is 0 Å². The lowest BCUT2D eigenvalue weighted by Crippen LogP contribution is -2.17. The average Bonchev–Trinajstić information content (AvgIpc) is 3.18. The van der Waals surface area contributed by atoms with Crippen molar-refractivity contribution in [1.82, 2.24) is 9.99 Å². The number of para-hydroxylation sites is 1. The Bertz CT molecular complexity index is 1520. The predicted octanol–water partition coefficient (Wildman–Crippen LogP) is 6.07. The first kappa shape index (κ1) is 21.0. The number of amides is 1. The highest BCUT2D eigenvalue weighted by molar-refractivity contribution is 9.10. The first-order valence-corrected chi connectivity index (χ1v) is 11.3. The largest absolute Gasteiger partial charge is 0.507 e. The van der Waals surface area contributed by atoms with Crippen molar-refractivity contribution in [1.29, 1.82) is 0 Å². The van der Waals surface area contributed by atoms with Gasteiger partial charge in [0.05, 0.1) is 11.8 Å². The number of halogens is 1. The fourth-order valence-corrected chi connectivity index (χ4v) is 4.31. The molecule has 0 fully saturated rings. The third kappa shape index (κ3) is 4.38. The number of rotatable bonds is 5. The molecule has 0 radical (unpaired) electrons. The number of benzene rings is 4. The van der Waals surface area contributed by atoms with Crippen molar-refractivity contribution in [2.45, 2.75) is 6.54 Å². The maximum absolute atomic E-state index is 12.4. The van der Waals surface area contributed by atoms with E-state index in [1.165, 1.54) is 22.4 Å². The number of phenolic OH excluding ortho intramolecular Hbond substituents is 1. The molecule has 162 valence electrons. The summed E-state index contributed by atoms with van der Waals surface area (Å²) in [7, 11) is 0. The number of hydrogen-bond donors (Lipinski definition) is 2. The Labute approximate surface area is 199 Å². The minimum absolute atomic E-state index is 0.0992. The quantitative estimate of drug-likeness (QED) is 0.228. The second-order valence-electron chi connectivity index (χ2n) is 7.77. The van der Waals surface area contributed by atoms with E-state index in [0.29, 0.717) is 4.47 Å². The molecule has 33 heavy (non-hydrogen) atoms. The Kier molecular flexibility index (Phi) is 5.67. The Balaban J connectivity index is 1.41. The number of hydrogen-bond acceptors (Lipinski definition) is 3. The van der Waals surface area contributed by atoms with E-state index in [-0.39, 0.29) is 11.3 Å². The molecule has 0 unspecified atom stereocenters. The van der Waals surface area contributed by atoms with Gasteiger partial charge in [-0.05, 0) is 46.7 Å². The zero-order valence-corrected chi connectivity index (χ0v) is 19.2. The van der Waals surface area contributed by atoms with E-state index in [4.69, 9.17) is 0 Å². The van der Waals surface area contributed by atoms with E-state index < -0.39 is 5.91 Å². The average molecular weight is 498 g/mol. The molecule has 1 heterocycles. The molecule has 1 aromatic heterocycles. The van der Waals surface area contributed by atoms with E-state index in [1.807, 2.05) is 36.5 Å². The van der Waals surface area contributed by atoms with E-state index in [1.54, 1.807) is 18.3 Å². The van der Waals surface area contributed by atoms with Gasteiger partial charge in [0.2, 0.25) is 0 Å². The highest BCUT2D eigenvalue weighted by Crippen LogP contribution is 2.24. The number of phenols is 1. The van der Waals surface area contributed by atoms with Gasteiger partial charge in [-0.2, -0.15) is 5.10 Å². The molecule has 0 saturated carbocycles. The lowest BCUT2D eigenvalue weighted by Gasteiger charge is -2.07. The van der Waals surface area contributed by atoms with Crippen LogP contribution in [0.2, 0.25) is 0 Å². The van der Waals surface area contributed by atoms with Crippen molar-refractivity contribution < 1.29 is 9.90 Å².